The molecule has 1 aromatic heterocycles. The highest BCUT2D eigenvalue weighted by Gasteiger charge is 2.18. The van der Waals surface area contributed by atoms with Gasteiger partial charge in [-0.3, -0.25) is 4.79 Å². The first-order valence-electron chi connectivity index (χ1n) is 7.45. The molecule has 0 fully saturated rings. The van der Waals surface area contributed by atoms with Crippen molar-refractivity contribution in [2.75, 3.05) is 0 Å². The average Bonchev–Trinajstić information content (AvgIpc) is 3.08. The number of nitrogens with one attached hydrogen (secondary N) is 1. The maximum Gasteiger partial charge on any atom is 0.262 e. The monoisotopic (exact) mass is 343 g/mol. The summed E-state index contributed by atoms with van der Waals surface area (Å²) in [7, 11) is 0. The minimum absolute atomic E-state index is 0.235. The number of rotatable bonds is 4. The molecule has 2 nitrogen and oxygen atoms in total. The molecule has 1 heterocycles. The van der Waals surface area contributed by atoms with Gasteiger partial charge in [0.05, 0.1) is 10.9 Å². The van der Waals surface area contributed by atoms with Crippen LogP contribution in [0.3, 0.4) is 0 Å². The van der Waals surface area contributed by atoms with Gasteiger partial charge in [0.15, 0.2) is 11.6 Å². The quantitative estimate of drug-likeness (QED) is 0.694. The predicted molar refractivity (Wildman–Crippen MR) is 92.0 cm³/mol. The minimum Gasteiger partial charge on any atom is -0.345 e. The lowest BCUT2D eigenvalue weighted by Crippen LogP contribution is -2.26. The summed E-state index contributed by atoms with van der Waals surface area (Å²) in [5, 5.41) is 4.70. The first-order chi connectivity index (χ1) is 11.6. The molecule has 3 rings (SSSR count). The van der Waals surface area contributed by atoms with Crippen molar-refractivity contribution in [1.82, 2.24) is 5.32 Å². The highest BCUT2D eigenvalue weighted by molar-refractivity contribution is 7.12. The molecule has 0 saturated carbocycles. The van der Waals surface area contributed by atoms with E-state index in [0.717, 1.165) is 23.3 Å². The van der Waals surface area contributed by atoms with Gasteiger partial charge in [-0.1, -0.05) is 36.4 Å². The highest BCUT2D eigenvalue weighted by Crippen LogP contribution is 2.28. The Hall–Kier alpha value is -2.53. The number of carbonyl (C=O) groups excluding carboxylic acids is 1. The van der Waals surface area contributed by atoms with Gasteiger partial charge in [-0.2, -0.15) is 0 Å². The van der Waals surface area contributed by atoms with Crippen molar-refractivity contribution in [1.29, 1.82) is 0 Å². The van der Waals surface area contributed by atoms with Crippen molar-refractivity contribution in [2.45, 2.75) is 13.0 Å². The second kappa shape index (κ2) is 6.93. The lowest BCUT2D eigenvalue weighted by atomic mass is 10.1. The zero-order valence-corrected chi connectivity index (χ0v) is 13.7. The Bertz CT molecular complexity index is 861. The smallest absolute Gasteiger partial charge is 0.262 e. The standard InChI is InChI=1S/C19H15F2NOS/c1-12(14-7-8-16(20)17(21)11-14)22-19(23)18-15(9-10-24-18)13-5-3-2-4-6-13/h2-12H,1H3,(H,22,23). The van der Waals surface area contributed by atoms with Crippen LogP contribution in [0.5, 0.6) is 0 Å². The summed E-state index contributed by atoms with van der Waals surface area (Å²) in [6, 6.07) is 14.7. The molecular formula is C19H15F2NOS. The largest absolute Gasteiger partial charge is 0.345 e. The summed E-state index contributed by atoms with van der Waals surface area (Å²) >= 11 is 1.35. The third-order valence-electron chi connectivity index (χ3n) is 3.75. The van der Waals surface area contributed by atoms with Gasteiger partial charge in [-0.25, -0.2) is 8.78 Å². The molecule has 1 N–H and O–H groups in total. The van der Waals surface area contributed by atoms with Crippen LogP contribution in [0, 0.1) is 11.6 Å². The summed E-state index contributed by atoms with van der Waals surface area (Å²) in [5.41, 5.74) is 2.33. The summed E-state index contributed by atoms with van der Waals surface area (Å²) in [5.74, 6) is -2.06. The van der Waals surface area contributed by atoms with Gasteiger partial charge in [0, 0.05) is 5.56 Å². The maximum absolute atomic E-state index is 13.4. The number of halogens is 2. The lowest BCUT2D eigenvalue weighted by Gasteiger charge is -2.15. The van der Waals surface area contributed by atoms with Crippen molar-refractivity contribution in [2.24, 2.45) is 0 Å². The van der Waals surface area contributed by atoms with Crippen molar-refractivity contribution < 1.29 is 13.6 Å². The van der Waals surface area contributed by atoms with Crippen molar-refractivity contribution >= 4 is 17.2 Å². The molecule has 1 amide bonds. The molecule has 0 saturated heterocycles. The molecule has 0 aliphatic heterocycles. The normalized spacial score (nSPS) is 12.0. The summed E-state index contributed by atoms with van der Waals surface area (Å²) in [6.07, 6.45) is 0. The molecule has 0 bridgehead atoms. The van der Waals surface area contributed by atoms with E-state index in [-0.39, 0.29) is 5.91 Å². The van der Waals surface area contributed by atoms with Gasteiger partial charge in [0.25, 0.3) is 5.91 Å². The first-order valence-corrected chi connectivity index (χ1v) is 8.33. The van der Waals surface area contributed by atoms with Gasteiger partial charge in [0.1, 0.15) is 0 Å². The van der Waals surface area contributed by atoms with Crippen LogP contribution in [0.15, 0.2) is 60.0 Å². The summed E-state index contributed by atoms with van der Waals surface area (Å²) in [4.78, 5) is 13.2. The van der Waals surface area contributed by atoms with Crippen LogP contribution < -0.4 is 5.32 Å². The lowest BCUT2D eigenvalue weighted by molar-refractivity contribution is 0.0944. The minimum atomic E-state index is -0.922. The van der Waals surface area contributed by atoms with Crippen molar-refractivity contribution in [3.8, 4) is 11.1 Å². The third-order valence-corrected chi connectivity index (χ3v) is 4.66. The number of hydrogen-bond acceptors (Lipinski definition) is 2. The van der Waals surface area contributed by atoms with E-state index in [1.54, 1.807) is 6.92 Å². The van der Waals surface area contributed by atoms with Crippen LogP contribution in [-0.2, 0) is 0 Å². The molecule has 0 aliphatic carbocycles. The van der Waals surface area contributed by atoms with Gasteiger partial charge < -0.3 is 5.32 Å². The van der Waals surface area contributed by atoms with E-state index in [2.05, 4.69) is 5.32 Å². The molecular weight excluding hydrogens is 328 g/mol. The Balaban J connectivity index is 1.81. The van der Waals surface area contributed by atoms with E-state index >= 15 is 0 Å². The Kier molecular flexibility index (Phi) is 4.71. The van der Waals surface area contributed by atoms with E-state index in [4.69, 9.17) is 0 Å². The van der Waals surface area contributed by atoms with Crippen LogP contribution in [0.2, 0.25) is 0 Å². The molecule has 1 atom stereocenters. The van der Waals surface area contributed by atoms with Crippen LogP contribution >= 0.6 is 11.3 Å². The fourth-order valence-electron chi connectivity index (χ4n) is 2.46. The van der Waals surface area contributed by atoms with E-state index in [1.165, 1.54) is 17.4 Å². The van der Waals surface area contributed by atoms with Crippen LogP contribution in [0.1, 0.15) is 28.2 Å². The molecule has 0 aliphatic rings. The van der Waals surface area contributed by atoms with Crippen molar-refractivity contribution in [3.63, 3.8) is 0 Å². The summed E-state index contributed by atoms with van der Waals surface area (Å²) in [6.45, 7) is 1.74. The predicted octanol–water partition coefficient (Wildman–Crippen LogP) is 5.18. The maximum atomic E-state index is 13.4. The second-order valence-electron chi connectivity index (χ2n) is 5.40. The Morgan fingerprint density at radius 3 is 2.50 bits per heavy atom. The second-order valence-corrected chi connectivity index (χ2v) is 6.31. The van der Waals surface area contributed by atoms with Gasteiger partial charge in [0.2, 0.25) is 0 Å². The molecule has 122 valence electrons. The zero-order chi connectivity index (χ0) is 17.1. The number of amides is 1. The van der Waals surface area contributed by atoms with Gasteiger partial charge in [-0.05, 0) is 41.6 Å². The zero-order valence-electron chi connectivity index (χ0n) is 12.9. The SMILES string of the molecule is CC(NC(=O)c1sccc1-c1ccccc1)c1ccc(F)c(F)c1. The van der Waals surface area contributed by atoms with E-state index < -0.39 is 17.7 Å². The first kappa shape index (κ1) is 16.3. The van der Waals surface area contributed by atoms with Gasteiger partial charge >= 0.3 is 0 Å². The molecule has 3 aromatic rings. The molecule has 1 unspecified atom stereocenters. The van der Waals surface area contributed by atoms with E-state index in [9.17, 15) is 13.6 Å². The van der Waals surface area contributed by atoms with Crippen LogP contribution in [0.25, 0.3) is 11.1 Å². The Labute approximate surface area is 142 Å². The van der Waals surface area contributed by atoms with Gasteiger partial charge in [-0.15, -0.1) is 11.3 Å². The topological polar surface area (TPSA) is 29.1 Å². The molecule has 0 radical (unpaired) electrons. The Morgan fingerprint density at radius 1 is 1.04 bits per heavy atom. The van der Waals surface area contributed by atoms with E-state index in [1.807, 2.05) is 41.8 Å². The third kappa shape index (κ3) is 3.36. The highest BCUT2D eigenvalue weighted by atomic mass is 32.1. The number of thiophene rings is 1. The molecule has 24 heavy (non-hydrogen) atoms. The van der Waals surface area contributed by atoms with Crippen LogP contribution in [-0.4, -0.2) is 5.91 Å². The molecule has 5 heteroatoms. The molecule has 2 aromatic carbocycles. The fraction of sp³-hybridized carbons (Fsp3) is 0.105. The Morgan fingerprint density at radius 2 is 1.79 bits per heavy atom. The molecule has 0 spiro atoms. The fourth-order valence-corrected chi connectivity index (χ4v) is 3.28. The van der Waals surface area contributed by atoms with Crippen LogP contribution in [0.4, 0.5) is 8.78 Å². The number of hydrogen-bond donors (Lipinski definition) is 1. The van der Waals surface area contributed by atoms with Crippen molar-refractivity contribution in [3.05, 3.63) is 82.1 Å². The number of carbonyl (C=O) groups is 1. The van der Waals surface area contributed by atoms with E-state index in [0.29, 0.717) is 10.4 Å². The average molecular weight is 343 g/mol. The number of benzene rings is 2. The summed E-state index contributed by atoms with van der Waals surface area (Å²) < 4.78 is 26.4.